The molecule has 1 aliphatic carbocycles. The van der Waals surface area contributed by atoms with Crippen molar-refractivity contribution >= 4 is 0 Å². The Morgan fingerprint density at radius 2 is 1.61 bits per heavy atom. The van der Waals surface area contributed by atoms with E-state index in [0.717, 1.165) is 17.9 Å². The van der Waals surface area contributed by atoms with E-state index in [1.165, 1.54) is 64.6 Å². The lowest BCUT2D eigenvalue weighted by atomic mass is 9.83. The fourth-order valence-corrected chi connectivity index (χ4v) is 4.82. The van der Waals surface area contributed by atoms with Crippen LogP contribution < -0.4 is 5.32 Å². The van der Waals surface area contributed by atoms with E-state index in [1.807, 2.05) is 0 Å². The normalized spacial score (nSPS) is 38.3. The van der Waals surface area contributed by atoms with Gasteiger partial charge < -0.3 is 5.32 Å². The highest BCUT2D eigenvalue weighted by Crippen LogP contribution is 2.43. The molecule has 0 amide bonds. The number of nitrogens with one attached hydrogen (secondary N) is 1. The predicted octanol–water partition coefficient (Wildman–Crippen LogP) is 3.03. The van der Waals surface area contributed by atoms with Gasteiger partial charge in [-0.25, -0.2) is 0 Å². The molecule has 2 saturated heterocycles. The fraction of sp³-hybridized carbons (Fsp3) is 1.00. The molecule has 2 atom stereocenters. The van der Waals surface area contributed by atoms with Crippen molar-refractivity contribution in [3.05, 3.63) is 0 Å². The molecule has 3 rings (SSSR count). The third kappa shape index (κ3) is 2.22. The lowest BCUT2D eigenvalue weighted by Gasteiger charge is -2.42. The highest BCUT2D eigenvalue weighted by Gasteiger charge is 2.51. The zero-order valence-electron chi connectivity index (χ0n) is 12.3. The molecule has 2 heterocycles. The van der Waals surface area contributed by atoms with Gasteiger partial charge in [-0.2, -0.15) is 0 Å². The Morgan fingerprint density at radius 3 is 2.28 bits per heavy atom. The van der Waals surface area contributed by atoms with Crippen LogP contribution in [0.1, 0.15) is 58.8 Å². The van der Waals surface area contributed by atoms with Gasteiger partial charge in [0.1, 0.15) is 0 Å². The monoisotopic (exact) mass is 250 g/mol. The summed E-state index contributed by atoms with van der Waals surface area (Å²) in [6, 6.07) is 0.880. The van der Waals surface area contributed by atoms with Crippen molar-refractivity contribution in [2.45, 2.75) is 70.4 Å². The molecule has 3 aliphatic rings. The summed E-state index contributed by atoms with van der Waals surface area (Å²) >= 11 is 0. The molecule has 2 nitrogen and oxygen atoms in total. The average Bonchev–Trinajstić information content (AvgIpc) is 2.82. The van der Waals surface area contributed by atoms with Gasteiger partial charge in [0, 0.05) is 24.7 Å². The molecule has 2 heteroatoms. The molecular formula is C16H30N2. The van der Waals surface area contributed by atoms with Gasteiger partial charge in [-0.3, -0.25) is 4.90 Å². The third-order valence-corrected chi connectivity index (χ3v) is 5.93. The van der Waals surface area contributed by atoms with Gasteiger partial charge in [-0.05, 0) is 45.1 Å². The first-order valence-corrected chi connectivity index (χ1v) is 8.17. The Kier molecular flexibility index (Phi) is 3.68. The van der Waals surface area contributed by atoms with Gasteiger partial charge in [0.15, 0.2) is 0 Å². The number of fused-ring (bicyclic) bond motifs is 1. The largest absolute Gasteiger partial charge is 0.316 e. The van der Waals surface area contributed by atoms with Crippen LogP contribution in [-0.4, -0.2) is 36.1 Å². The van der Waals surface area contributed by atoms with E-state index in [9.17, 15) is 0 Å². The standard InChI is InChI=1S/C16H30N2/c1-16(2)15-11-17-10-13(15)12-18(16)14-8-6-4-3-5-7-9-14/h13-15,17H,3-12H2,1-2H3. The van der Waals surface area contributed by atoms with E-state index in [1.54, 1.807) is 0 Å². The smallest absolute Gasteiger partial charge is 0.0200 e. The van der Waals surface area contributed by atoms with E-state index >= 15 is 0 Å². The summed E-state index contributed by atoms with van der Waals surface area (Å²) in [6.45, 7) is 8.88. The molecule has 1 saturated carbocycles. The Balaban J connectivity index is 1.71. The maximum atomic E-state index is 3.60. The number of likely N-dealkylation sites (tertiary alicyclic amines) is 1. The van der Waals surface area contributed by atoms with Crippen molar-refractivity contribution in [1.29, 1.82) is 0 Å². The molecule has 104 valence electrons. The average molecular weight is 250 g/mol. The summed E-state index contributed by atoms with van der Waals surface area (Å²) in [5, 5.41) is 3.60. The summed E-state index contributed by atoms with van der Waals surface area (Å²) in [5.74, 6) is 1.81. The first-order valence-electron chi connectivity index (χ1n) is 8.17. The molecule has 0 aromatic carbocycles. The SMILES string of the molecule is CC1(C)C2CNCC2CN1C1CCCCCCC1. The zero-order chi connectivity index (χ0) is 12.6. The first kappa shape index (κ1) is 12.9. The van der Waals surface area contributed by atoms with Crippen molar-refractivity contribution in [3.8, 4) is 0 Å². The predicted molar refractivity (Wildman–Crippen MR) is 76.7 cm³/mol. The minimum absolute atomic E-state index is 0.429. The van der Waals surface area contributed by atoms with Crippen LogP contribution in [0.5, 0.6) is 0 Å². The molecule has 2 aliphatic heterocycles. The van der Waals surface area contributed by atoms with Gasteiger partial charge in [0.2, 0.25) is 0 Å². The Morgan fingerprint density at radius 1 is 0.944 bits per heavy atom. The van der Waals surface area contributed by atoms with E-state index in [4.69, 9.17) is 0 Å². The second kappa shape index (κ2) is 5.13. The topological polar surface area (TPSA) is 15.3 Å². The number of hydrogen-bond donors (Lipinski definition) is 1. The van der Waals surface area contributed by atoms with Crippen LogP contribution in [0.25, 0.3) is 0 Å². The van der Waals surface area contributed by atoms with Gasteiger partial charge in [-0.1, -0.05) is 32.1 Å². The molecule has 0 spiro atoms. The van der Waals surface area contributed by atoms with E-state index in [2.05, 4.69) is 24.1 Å². The molecule has 1 N–H and O–H groups in total. The fourth-order valence-electron chi connectivity index (χ4n) is 4.82. The minimum atomic E-state index is 0.429. The van der Waals surface area contributed by atoms with Crippen molar-refractivity contribution in [2.24, 2.45) is 11.8 Å². The summed E-state index contributed by atoms with van der Waals surface area (Å²) in [6.07, 6.45) is 10.3. The van der Waals surface area contributed by atoms with Crippen molar-refractivity contribution in [2.75, 3.05) is 19.6 Å². The van der Waals surface area contributed by atoms with Crippen LogP contribution in [-0.2, 0) is 0 Å². The zero-order valence-corrected chi connectivity index (χ0v) is 12.3. The molecule has 2 unspecified atom stereocenters. The van der Waals surface area contributed by atoms with Gasteiger partial charge in [0.25, 0.3) is 0 Å². The van der Waals surface area contributed by atoms with Crippen LogP contribution in [0.3, 0.4) is 0 Å². The maximum absolute atomic E-state index is 3.60. The van der Waals surface area contributed by atoms with Gasteiger partial charge >= 0.3 is 0 Å². The Labute approximate surface area is 113 Å². The number of rotatable bonds is 1. The van der Waals surface area contributed by atoms with E-state index in [-0.39, 0.29) is 0 Å². The summed E-state index contributed by atoms with van der Waals surface area (Å²) in [7, 11) is 0. The van der Waals surface area contributed by atoms with Gasteiger partial charge in [-0.15, -0.1) is 0 Å². The molecule has 3 fully saturated rings. The molecule has 18 heavy (non-hydrogen) atoms. The summed E-state index contributed by atoms with van der Waals surface area (Å²) in [5.41, 5.74) is 0.429. The van der Waals surface area contributed by atoms with Crippen LogP contribution in [0.2, 0.25) is 0 Å². The molecule has 0 bridgehead atoms. The molecule has 0 aromatic heterocycles. The van der Waals surface area contributed by atoms with Crippen LogP contribution in [0.4, 0.5) is 0 Å². The lowest BCUT2D eigenvalue weighted by molar-refractivity contribution is 0.0737. The first-order chi connectivity index (χ1) is 8.69. The molecule has 0 aromatic rings. The molecule has 0 radical (unpaired) electrons. The molecular weight excluding hydrogens is 220 g/mol. The highest BCUT2D eigenvalue weighted by atomic mass is 15.3. The number of nitrogens with zero attached hydrogens (tertiary/aromatic N) is 1. The van der Waals surface area contributed by atoms with E-state index < -0.39 is 0 Å². The summed E-state index contributed by atoms with van der Waals surface area (Å²) in [4.78, 5) is 2.90. The second-order valence-corrected chi connectivity index (χ2v) is 7.33. The van der Waals surface area contributed by atoms with Crippen molar-refractivity contribution in [3.63, 3.8) is 0 Å². The maximum Gasteiger partial charge on any atom is 0.0200 e. The summed E-state index contributed by atoms with van der Waals surface area (Å²) < 4.78 is 0. The second-order valence-electron chi connectivity index (χ2n) is 7.33. The van der Waals surface area contributed by atoms with Crippen LogP contribution >= 0.6 is 0 Å². The Bertz CT molecular complexity index is 279. The van der Waals surface area contributed by atoms with Crippen molar-refractivity contribution in [1.82, 2.24) is 10.2 Å². The highest BCUT2D eigenvalue weighted by molar-refractivity contribution is 5.06. The van der Waals surface area contributed by atoms with Crippen LogP contribution in [0.15, 0.2) is 0 Å². The van der Waals surface area contributed by atoms with Gasteiger partial charge in [0.05, 0.1) is 0 Å². The third-order valence-electron chi connectivity index (χ3n) is 5.93. The van der Waals surface area contributed by atoms with E-state index in [0.29, 0.717) is 5.54 Å². The quantitative estimate of drug-likeness (QED) is 0.769. The lowest BCUT2D eigenvalue weighted by Crippen LogP contribution is -2.49. The number of hydrogen-bond acceptors (Lipinski definition) is 2. The van der Waals surface area contributed by atoms with Crippen LogP contribution in [0, 0.1) is 11.8 Å². The van der Waals surface area contributed by atoms with Crippen molar-refractivity contribution < 1.29 is 0 Å². The Hall–Kier alpha value is -0.0800. The minimum Gasteiger partial charge on any atom is -0.316 e.